The molecule has 13 heavy (non-hydrogen) atoms. The number of hydrogen-bond acceptors (Lipinski definition) is 5. The van der Waals surface area contributed by atoms with Gasteiger partial charge in [0.15, 0.2) is 0 Å². The highest BCUT2D eigenvalue weighted by molar-refractivity contribution is 7.46. The number of phosphoric ester groups is 1. The molecular formula is C5H13O7P. The van der Waals surface area contributed by atoms with Gasteiger partial charge in [0.05, 0.1) is 13.2 Å². The number of aliphatic hydroxyl groups excluding tert-OH is 2. The second kappa shape index (κ2) is 4.47. The molecule has 0 rings (SSSR count). The van der Waals surface area contributed by atoms with Gasteiger partial charge in [0.2, 0.25) is 0 Å². The molecule has 0 heterocycles. The molecule has 0 aliphatic rings. The number of phosphoric acid groups is 1. The molecule has 0 aromatic heterocycles. The predicted octanol–water partition coefficient (Wildman–Crippen LogP) is -1.80. The molecule has 0 amide bonds. The average Bonchev–Trinajstić information content (AvgIpc) is 1.98. The van der Waals surface area contributed by atoms with Crippen LogP contribution in [-0.4, -0.2) is 50.0 Å². The van der Waals surface area contributed by atoms with Crippen molar-refractivity contribution in [3.8, 4) is 0 Å². The quantitative estimate of drug-likeness (QED) is 0.343. The zero-order valence-corrected chi connectivity index (χ0v) is 7.89. The first-order valence-electron chi connectivity index (χ1n) is 3.40. The van der Waals surface area contributed by atoms with E-state index in [-0.39, 0.29) is 0 Å². The minimum atomic E-state index is -4.65. The summed E-state index contributed by atoms with van der Waals surface area (Å²) >= 11 is 0. The van der Waals surface area contributed by atoms with Crippen molar-refractivity contribution in [2.45, 2.75) is 18.6 Å². The van der Waals surface area contributed by atoms with E-state index in [0.717, 1.165) is 6.92 Å². The van der Waals surface area contributed by atoms with Gasteiger partial charge in [-0.2, -0.15) is 0 Å². The van der Waals surface area contributed by atoms with E-state index in [4.69, 9.17) is 25.1 Å². The van der Waals surface area contributed by atoms with Crippen molar-refractivity contribution < 1.29 is 34.2 Å². The Hall–Kier alpha value is -0.0100. The Bertz CT molecular complexity index is 197. The summed E-state index contributed by atoms with van der Waals surface area (Å²) in [5.74, 6) is 0. The molecule has 0 fully saturated rings. The Labute approximate surface area is 74.8 Å². The lowest BCUT2D eigenvalue weighted by Gasteiger charge is -2.26. The molecule has 0 aliphatic heterocycles. The SMILES string of the molecule is CC(O)(CO)[C@H](O)COP(=O)(O)O. The van der Waals surface area contributed by atoms with Crippen molar-refractivity contribution in [2.24, 2.45) is 0 Å². The van der Waals surface area contributed by atoms with Gasteiger partial charge in [-0.25, -0.2) is 4.57 Å². The maximum absolute atomic E-state index is 10.2. The van der Waals surface area contributed by atoms with Gasteiger partial charge in [-0.05, 0) is 6.92 Å². The van der Waals surface area contributed by atoms with Gasteiger partial charge < -0.3 is 25.1 Å². The standard InChI is InChI=1S/C5H13O7P/c1-5(8,3-6)4(7)2-12-13(9,10)11/h4,6-8H,2-3H2,1H3,(H2,9,10,11)/t4-,5?/m1/s1. The first kappa shape index (κ1) is 13.0. The summed E-state index contributed by atoms with van der Waals surface area (Å²) in [5.41, 5.74) is -1.84. The Morgan fingerprint density at radius 2 is 2.00 bits per heavy atom. The lowest BCUT2D eigenvalue weighted by molar-refractivity contribution is -0.107. The van der Waals surface area contributed by atoms with Crippen molar-refractivity contribution >= 4 is 7.82 Å². The zero-order chi connectivity index (χ0) is 10.7. The van der Waals surface area contributed by atoms with E-state index in [2.05, 4.69) is 4.52 Å². The molecule has 7 nitrogen and oxygen atoms in total. The number of rotatable bonds is 5. The second-order valence-electron chi connectivity index (χ2n) is 2.82. The summed E-state index contributed by atoms with van der Waals surface area (Å²) in [6.45, 7) is -0.378. The van der Waals surface area contributed by atoms with E-state index in [1.807, 2.05) is 0 Å². The van der Waals surface area contributed by atoms with Crippen LogP contribution in [0.25, 0.3) is 0 Å². The summed E-state index contributed by atoms with van der Waals surface area (Å²) in [7, 11) is -4.65. The summed E-state index contributed by atoms with van der Waals surface area (Å²) in [6.07, 6.45) is -1.56. The molecule has 0 aliphatic carbocycles. The monoisotopic (exact) mass is 216 g/mol. The summed E-state index contributed by atoms with van der Waals surface area (Å²) in [6, 6.07) is 0. The Morgan fingerprint density at radius 3 is 2.31 bits per heavy atom. The second-order valence-corrected chi connectivity index (χ2v) is 4.06. The number of aliphatic hydroxyl groups is 3. The fourth-order valence-corrected chi connectivity index (χ4v) is 0.788. The average molecular weight is 216 g/mol. The molecule has 0 saturated carbocycles. The van der Waals surface area contributed by atoms with Crippen LogP contribution in [-0.2, 0) is 9.09 Å². The van der Waals surface area contributed by atoms with E-state index >= 15 is 0 Å². The Morgan fingerprint density at radius 1 is 1.54 bits per heavy atom. The van der Waals surface area contributed by atoms with Gasteiger partial charge in [0.25, 0.3) is 0 Å². The highest BCUT2D eigenvalue weighted by Gasteiger charge is 2.31. The maximum atomic E-state index is 10.2. The Kier molecular flexibility index (Phi) is 4.47. The minimum Gasteiger partial charge on any atom is -0.393 e. The predicted molar refractivity (Wildman–Crippen MR) is 41.7 cm³/mol. The van der Waals surface area contributed by atoms with Crippen LogP contribution >= 0.6 is 7.82 Å². The van der Waals surface area contributed by atoms with Crippen LogP contribution in [0, 0.1) is 0 Å². The Balaban J connectivity index is 4.02. The molecule has 8 heteroatoms. The maximum Gasteiger partial charge on any atom is 0.469 e. The molecular weight excluding hydrogens is 203 g/mol. The third-order valence-corrected chi connectivity index (χ3v) is 1.92. The van der Waals surface area contributed by atoms with Crippen molar-refractivity contribution in [2.75, 3.05) is 13.2 Å². The van der Waals surface area contributed by atoms with Crippen LogP contribution in [0.3, 0.4) is 0 Å². The van der Waals surface area contributed by atoms with Crippen molar-refractivity contribution in [1.82, 2.24) is 0 Å². The zero-order valence-electron chi connectivity index (χ0n) is 6.99. The molecule has 80 valence electrons. The van der Waals surface area contributed by atoms with Gasteiger partial charge >= 0.3 is 7.82 Å². The van der Waals surface area contributed by atoms with Gasteiger partial charge in [-0.3, -0.25) is 4.52 Å². The first-order valence-corrected chi connectivity index (χ1v) is 4.93. The van der Waals surface area contributed by atoms with Crippen molar-refractivity contribution in [1.29, 1.82) is 0 Å². The molecule has 0 saturated heterocycles. The summed E-state index contributed by atoms with van der Waals surface area (Å²) in [5, 5.41) is 26.8. The molecule has 5 N–H and O–H groups in total. The minimum absolute atomic E-state index is 0.737. The summed E-state index contributed by atoms with van der Waals surface area (Å²) in [4.78, 5) is 16.5. The van der Waals surface area contributed by atoms with Crippen LogP contribution < -0.4 is 0 Å². The lowest BCUT2D eigenvalue weighted by atomic mass is 10.0. The van der Waals surface area contributed by atoms with Crippen LogP contribution in [0.4, 0.5) is 0 Å². The van der Waals surface area contributed by atoms with Gasteiger partial charge in [-0.15, -0.1) is 0 Å². The molecule has 2 atom stereocenters. The van der Waals surface area contributed by atoms with E-state index in [1.54, 1.807) is 0 Å². The smallest absolute Gasteiger partial charge is 0.393 e. The van der Waals surface area contributed by atoms with E-state index in [9.17, 15) is 4.57 Å². The molecule has 0 aromatic rings. The van der Waals surface area contributed by atoms with Crippen LogP contribution in [0.15, 0.2) is 0 Å². The highest BCUT2D eigenvalue weighted by Crippen LogP contribution is 2.36. The lowest BCUT2D eigenvalue weighted by Crippen LogP contribution is -2.45. The van der Waals surface area contributed by atoms with Crippen LogP contribution in [0.1, 0.15) is 6.92 Å². The van der Waals surface area contributed by atoms with Crippen LogP contribution in [0.5, 0.6) is 0 Å². The molecule has 1 unspecified atom stereocenters. The van der Waals surface area contributed by atoms with E-state index in [0.29, 0.717) is 0 Å². The highest BCUT2D eigenvalue weighted by atomic mass is 31.2. The topological polar surface area (TPSA) is 127 Å². The molecule has 0 bridgehead atoms. The van der Waals surface area contributed by atoms with Gasteiger partial charge in [-0.1, -0.05) is 0 Å². The largest absolute Gasteiger partial charge is 0.469 e. The van der Waals surface area contributed by atoms with E-state index in [1.165, 1.54) is 0 Å². The fraction of sp³-hybridized carbons (Fsp3) is 1.00. The molecule has 0 aromatic carbocycles. The third kappa shape index (κ3) is 5.33. The first-order chi connectivity index (χ1) is 5.69. The molecule has 0 radical (unpaired) electrons. The van der Waals surface area contributed by atoms with Crippen molar-refractivity contribution in [3.63, 3.8) is 0 Å². The molecule has 0 spiro atoms. The van der Waals surface area contributed by atoms with Crippen molar-refractivity contribution in [3.05, 3.63) is 0 Å². The normalized spacial score (nSPS) is 19.5. The summed E-state index contributed by atoms with van der Waals surface area (Å²) < 4.78 is 14.1. The van der Waals surface area contributed by atoms with Gasteiger partial charge in [0, 0.05) is 0 Å². The van der Waals surface area contributed by atoms with E-state index < -0.39 is 32.7 Å². The fourth-order valence-electron chi connectivity index (χ4n) is 0.453. The van der Waals surface area contributed by atoms with Gasteiger partial charge in [0.1, 0.15) is 11.7 Å². The third-order valence-electron chi connectivity index (χ3n) is 1.44. The van der Waals surface area contributed by atoms with Crippen LogP contribution in [0.2, 0.25) is 0 Å². The number of hydrogen-bond donors (Lipinski definition) is 5.